The fourth-order valence-electron chi connectivity index (χ4n) is 3.22. The van der Waals surface area contributed by atoms with Crippen molar-refractivity contribution in [3.63, 3.8) is 0 Å². The number of nitrogens with one attached hydrogen (secondary N) is 1. The number of ether oxygens (including phenoxy) is 1. The van der Waals surface area contributed by atoms with E-state index in [1.165, 1.54) is 0 Å². The Kier molecular flexibility index (Phi) is 4.99. The van der Waals surface area contributed by atoms with Gasteiger partial charge in [-0.15, -0.1) is 11.3 Å². The summed E-state index contributed by atoms with van der Waals surface area (Å²) in [7, 11) is 0. The van der Waals surface area contributed by atoms with E-state index in [0.29, 0.717) is 18.1 Å². The van der Waals surface area contributed by atoms with Crippen molar-refractivity contribution < 1.29 is 13.9 Å². The van der Waals surface area contributed by atoms with Crippen molar-refractivity contribution >= 4 is 27.5 Å². The van der Waals surface area contributed by atoms with Crippen LogP contribution in [0.5, 0.6) is 0 Å². The molecule has 0 atom stereocenters. The SMILES string of the molecule is CC(C)(CNC(=O)c1ccc(-c2nc3ccccc3s2)o1)N1CCOCC1. The summed E-state index contributed by atoms with van der Waals surface area (Å²) in [6.07, 6.45) is 0. The Bertz CT molecular complexity index is 908. The van der Waals surface area contributed by atoms with Crippen LogP contribution in [0.3, 0.4) is 0 Å². The molecule has 4 rings (SSSR count). The molecule has 3 aromatic rings. The van der Waals surface area contributed by atoms with Gasteiger partial charge < -0.3 is 14.5 Å². The second-order valence-corrected chi connectivity index (χ2v) is 8.28. The average Bonchev–Trinajstić information content (AvgIpc) is 3.33. The highest BCUT2D eigenvalue weighted by Crippen LogP contribution is 2.31. The zero-order valence-electron chi connectivity index (χ0n) is 15.5. The first kappa shape index (κ1) is 18.2. The Labute approximate surface area is 162 Å². The largest absolute Gasteiger partial charge is 0.448 e. The van der Waals surface area contributed by atoms with Crippen LogP contribution in [-0.2, 0) is 4.74 Å². The van der Waals surface area contributed by atoms with E-state index in [-0.39, 0.29) is 11.4 Å². The van der Waals surface area contributed by atoms with E-state index in [1.54, 1.807) is 23.5 Å². The zero-order valence-corrected chi connectivity index (χ0v) is 16.3. The maximum atomic E-state index is 12.5. The lowest BCUT2D eigenvalue weighted by atomic mass is 10.0. The number of hydrogen-bond acceptors (Lipinski definition) is 6. The van der Waals surface area contributed by atoms with Crippen molar-refractivity contribution in [2.75, 3.05) is 32.8 Å². The Hall–Kier alpha value is -2.22. The highest BCUT2D eigenvalue weighted by molar-refractivity contribution is 7.21. The molecular weight excluding hydrogens is 362 g/mol. The average molecular weight is 385 g/mol. The fourth-order valence-corrected chi connectivity index (χ4v) is 4.14. The van der Waals surface area contributed by atoms with Gasteiger partial charge in [0.05, 0.1) is 23.4 Å². The second-order valence-electron chi connectivity index (χ2n) is 7.25. The van der Waals surface area contributed by atoms with Crippen LogP contribution >= 0.6 is 11.3 Å². The molecule has 0 saturated carbocycles. The summed E-state index contributed by atoms with van der Waals surface area (Å²) in [5, 5.41) is 3.78. The number of thiazole rings is 1. The predicted octanol–water partition coefficient (Wildman–Crippen LogP) is 3.40. The minimum atomic E-state index is -0.205. The van der Waals surface area contributed by atoms with Gasteiger partial charge in [0.15, 0.2) is 16.5 Å². The van der Waals surface area contributed by atoms with Gasteiger partial charge in [0.1, 0.15) is 0 Å². The maximum absolute atomic E-state index is 12.5. The molecule has 1 N–H and O–H groups in total. The molecule has 7 heteroatoms. The first-order valence-corrected chi connectivity index (χ1v) is 9.91. The van der Waals surface area contributed by atoms with Crippen molar-refractivity contribution in [3.8, 4) is 10.8 Å². The van der Waals surface area contributed by atoms with E-state index in [1.807, 2.05) is 24.3 Å². The number of hydrogen-bond donors (Lipinski definition) is 1. The molecule has 1 aliphatic heterocycles. The monoisotopic (exact) mass is 385 g/mol. The van der Waals surface area contributed by atoms with Crippen LogP contribution in [0.4, 0.5) is 0 Å². The normalized spacial score (nSPS) is 15.9. The first-order valence-electron chi connectivity index (χ1n) is 9.10. The van der Waals surface area contributed by atoms with Gasteiger partial charge in [-0.2, -0.15) is 0 Å². The molecule has 0 unspecified atom stereocenters. The van der Waals surface area contributed by atoms with E-state index in [9.17, 15) is 4.79 Å². The van der Waals surface area contributed by atoms with Crippen LogP contribution in [0.25, 0.3) is 21.0 Å². The van der Waals surface area contributed by atoms with Gasteiger partial charge in [-0.25, -0.2) is 4.98 Å². The molecule has 142 valence electrons. The summed E-state index contributed by atoms with van der Waals surface area (Å²) in [6, 6.07) is 11.5. The Balaban J connectivity index is 1.42. The number of morpholine rings is 1. The van der Waals surface area contributed by atoms with Gasteiger partial charge in [-0.05, 0) is 38.1 Å². The molecule has 0 radical (unpaired) electrons. The van der Waals surface area contributed by atoms with E-state index < -0.39 is 0 Å². The number of carbonyl (C=O) groups is 1. The maximum Gasteiger partial charge on any atom is 0.287 e. The lowest BCUT2D eigenvalue weighted by molar-refractivity contribution is -0.00929. The van der Waals surface area contributed by atoms with Crippen molar-refractivity contribution in [2.24, 2.45) is 0 Å². The number of furan rings is 1. The lowest BCUT2D eigenvalue weighted by Gasteiger charge is -2.40. The third-order valence-electron chi connectivity index (χ3n) is 4.88. The number of fused-ring (bicyclic) bond motifs is 1. The van der Waals surface area contributed by atoms with Crippen LogP contribution < -0.4 is 5.32 Å². The lowest BCUT2D eigenvalue weighted by Crippen LogP contribution is -2.55. The van der Waals surface area contributed by atoms with Gasteiger partial charge in [0.2, 0.25) is 0 Å². The van der Waals surface area contributed by atoms with E-state index >= 15 is 0 Å². The van der Waals surface area contributed by atoms with Crippen LogP contribution in [0, 0.1) is 0 Å². The molecule has 1 aliphatic rings. The number of amides is 1. The molecule has 3 heterocycles. The highest BCUT2D eigenvalue weighted by atomic mass is 32.1. The molecule has 27 heavy (non-hydrogen) atoms. The Morgan fingerprint density at radius 3 is 2.78 bits per heavy atom. The summed E-state index contributed by atoms with van der Waals surface area (Å²) in [6.45, 7) is 8.04. The minimum absolute atomic E-state index is 0.137. The molecule has 0 aliphatic carbocycles. The highest BCUT2D eigenvalue weighted by Gasteiger charge is 2.29. The van der Waals surface area contributed by atoms with Gasteiger partial charge in [-0.1, -0.05) is 12.1 Å². The van der Waals surface area contributed by atoms with E-state index in [4.69, 9.17) is 9.15 Å². The van der Waals surface area contributed by atoms with Gasteiger partial charge in [-0.3, -0.25) is 9.69 Å². The van der Waals surface area contributed by atoms with E-state index in [2.05, 4.69) is 29.0 Å². The second kappa shape index (κ2) is 7.42. The Morgan fingerprint density at radius 1 is 1.22 bits per heavy atom. The van der Waals surface area contributed by atoms with Crippen molar-refractivity contribution in [2.45, 2.75) is 19.4 Å². The fraction of sp³-hybridized carbons (Fsp3) is 0.400. The molecular formula is C20H23N3O3S. The number of benzene rings is 1. The summed E-state index contributed by atoms with van der Waals surface area (Å²) >= 11 is 1.56. The quantitative estimate of drug-likeness (QED) is 0.729. The summed E-state index contributed by atoms with van der Waals surface area (Å²) < 4.78 is 12.3. The van der Waals surface area contributed by atoms with Crippen molar-refractivity contribution in [1.82, 2.24) is 15.2 Å². The topological polar surface area (TPSA) is 67.6 Å². The third kappa shape index (κ3) is 3.90. The summed E-state index contributed by atoms with van der Waals surface area (Å²) in [5.74, 6) is 0.722. The van der Waals surface area contributed by atoms with Crippen LogP contribution in [0.2, 0.25) is 0 Å². The van der Waals surface area contributed by atoms with Gasteiger partial charge >= 0.3 is 0 Å². The standard InChI is InChI=1S/C20H23N3O3S/c1-20(2,23-9-11-25-12-10-23)13-21-18(24)15-7-8-16(26-15)19-22-14-5-3-4-6-17(14)27-19/h3-8H,9-13H2,1-2H3,(H,21,24). The summed E-state index contributed by atoms with van der Waals surface area (Å²) in [5.41, 5.74) is 0.800. The van der Waals surface area contributed by atoms with Crippen molar-refractivity contribution in [3.05, 3.63) is 42.2 Å². The van der Waals surface area contributed by atoms with Gasteiger partial charge in [0, 0.05) is 25.2 Å². The number of nitrogens with zero attached hydrogens (tertiary/aromatic N) is 2. The molecule has 1 aromatic carbocycles. The predicted molar refractivity (Wildman–Crippen MR) is 106 cm³/mol. The molecule has 0 spiro atoms. The van der Waals surface area contributed by atoms with Crippen LogP contribution in [0.15, 0.2) is 40.8 Å². The number of aromatic nitrogens is 1. The number of rotatable bonds is 5. The van der Waals surface area contributed by atoms with Crippen LogP contribution in [0.1, 0.15) is 24.4 Å². The smallest absolute Gasteiger partial charge is 0.287 e. The van der Waals surface area contributed by atoms with E-state index in [0.717, 1.165) is 41.5 Å². The number of carbonyl (C=O) groups excluding carboxylic acids is 1. The molecule has 2 aromatic heterocycles. The van der Waals surface area contributed by atoms with Crippen molar-refractivity contribution in [1.29, 1.82) is 0 Å². The van der Waals surface area contributed by atoms with Gasteiger partial charge in [0.25, 0.3) is 5.91 Å². The Morgan fingerprint density at radius 2 is 2.00 bits per heavy atom. The first-order chi connectivity index (χ1) is 13.0. The summed E-state index contributed by atoms with van der Waals surface area (Å²) in [4.78, 5) is 19.4. The third-order valence-corrected chi connectivity index (χ3v) is 5.93. The molecule has 1 saturated heterocycles. The zero-order chi connectivity index (χ0) is 18.9. The molecule has 1 fully saturated rings. The van der Waals surface area contributed by atoms with Crippen LogP contribution in [-0.4, -0.2) is 54.2 Å². The molecule has 1 amide bonds. The molecule has 6 nitrogen and oxygen atoms in total. The molecule has 0 bridgehead atoms. The number of para-hydroxylation sites is 1. The minimum Gasteiger partial charge on any atom is -0.448 e.